The number of piperazine rings is 1. The first kappa shape index (κ1) is 16.7. The highest BCUT2D eigenvalue weighted by Crippen LogP contribution is 2.10. The molecule has 0 aliphatic carbocycles. The van der Waals surface area contributed by atoms with Gasteiger partial charge in [0.15, 0.2) is 0 Å². The molecule has 0 radical (unpaired) electrons. The Hall–Kier alpha value is -2.10. The van der Waals surface area contributed by atoms with Crippen LogP contribution >= 0.6 is 0 Å². The third-order valence-corrected chi connectivity index (χ3v) is 4.82. The van der Waals surface area contributed by atoms with E-state index >= 15 is 0 Å². The third kappa shape index (κ3) is 4.25. The fourth-order valence-electron chi connectivity index (χ4n) is 3.32. The van der Waals surface area contributed by atoms with Crippen molar-refractivity contribution in [3.05, 3.63) is 77.4 Å². The van der Waals surface area contributed by atoms with Crippen LogP contribution in [0, 0.1) is 13.8 Å². The molecule has 2 aromatic rings. The van der Waals surface area contributed by atoms with Crippen molar-refractivity contribution in [3.8, 4) is 0 Å². The lowest BCUT2D eigenvalue weighted by molar-refractivity contribution is -0.918. The number of nitrogens with zero attached hydrogens (tertiary/aromatic N) is 1. The average molecular weight is 322 g/mol. The second-order valence-electron chi connectivity index (χ2n) is 6.80. The Morgan fingerprint density at radius 3 is 2.46 bits per heavy atom. The first-order chi connectivity index (χ1) is 11.6. The van der Waals surface area contributed by atoms with Gasteiger partial charge in [-0.1, -0.05) is 60.7 Å². The summed E-state index contributed by atoms with van der Waals surface area (Å²) in [6, 6.07) is 17.1. The van der Waals surface area contributed by atoms with Crippen LogP contribution in [0.15, 0.2) is 55.1 Å². The molecular formula is C21H28N3+. The smallest absolute Gasteiger partial charge is 0.103 e. The number of benzene rings is 2. The van der Waals surface area contributed by atoms with Gasteiger partial charge in [-0.15, -0.1) is 0 Å². The van der Waals surface area contributed by atoms with Crippen LogP contribution in [0.2, 0.25) is 0 Å². The lowest BCUT2D eigenvalue weighted by Gasteiger charge is -2.33. The average Bonchev–Trinajstić information content (AvgIpc) is 2.60. The highest BCUT2D eigenvalue weighted by molar-refractivity contribution is 5.60. The molecule has 0 unspecified atom stereocenters. The predicted octanol–water partition coefficient (Wildman–Crippen LogP) is 2.18. The van der Waals surface area contributed by atoms with Crippen molar-refractivity contribution in [2.45, 2.75) is 20.4 Å². The van der Waals surface area contributed by atoms with Gasteiger partial charge >= 0.3 is 0 Å². The van der Waals surface area contributed by atoms with E-state index in [0.29, 0.717) is 0 Å². The lowest BCUT2D eigenvalue weighted by Crippen LogP contribution is -3.13. The fraction of sp³-hybridized carbons (Fsp3) is 0.333. The van der Waals surface area contributed by atoms with Crippen LogP contribution in [0.25, 0.3) is 5.70 Å². The zero-order valence-electron chi connectivity index (χ0n) is 14.8. The topological polar surface area (TPSA) is 19.7 Å². The van der Waals surface area contributed by atoms with Gasteiger partial charge in [0.2, 0.25) is 0 Å². The zero-order valence-corrected chi connectivity index (χ0v) is 14.8. The summed E-state index contributed by atoms with van der Waals surface area (Å²) in [5.74, 6) is 0. The SMILES string of the molecule is C=C(NN1CC[NH+](Cc2ccc(C)cc2C)CC1)c1ccccc1. The van der Waals surface area contributed by atoms with Gasteiger partial charge < -0.3 is 10.3 Å². The van der Waals surface area contributed by atoms with Crippen molar-refractivity contribution in [2.75, 3.05) is 26.2 Å². The summed E-state index contributed by atoms with van der Waals surface area (Å²) in [6.07, 6.45) is 0. The minimum absolute atomic E-state index is 0.980. The number of hydrazine groups is 1. The van der Waals surface area contributed by atoms with Gasteiger partial charge in [-0.2, -0.15) is 0 Å². The number of aryl methyl sites for hydroxylation is 2. The summed E-state index contributed by atoms with van der Waals surface area (Å²) in [4.78, 5) is 1.66. The molecule has 0 amide bonds. The van der Waals surface area contributed by atoms with Crippen LogP contribution in [-0.4, -0.2) is 31.2 Å². The van der Waals surface area contributed by atoms with E-state index in [9.17, 15) is 0 Å². The predicted molar refractivity (Wildman–Crippen MR) is 101 cm³/mol. The van der Waals surface area contributed by atoms with Crippen molar-refractivity contribution in [1.29, 1.82) is 0 Å². The summed E-state index contributed by atoms with van der Waals surface area (Å²) < 4.78 is 0. The Morgan fingerprint density at radius 1 is 1.08 bits per heavy atom. The van der Waals surface area contributed by atoms with E-state index in [0.717, 1.165) is 44.0 Å². The van der Waals surface area contributed by atoms with Gasteiger partial charge in [0.25, 0.3) is 0 Å². The number of rotatable bonds is 5. The molecular weight excluding hydrogens is 294 g/mol. The Labute approximate surface area is 145 Å². The van der Waals surface area contributed by atoms with Crippen molar-refractivity contribution < 1.29 is 4.90 Å². The molecule has 1 fully saturated rings. The van der Waals surface area contributed by atoms with Gasteiger partial charge in [0.1, 0.15) is 6.54 Å². The molecule has 1 aliphatic rings. The van der Waals surface area contributed by atoms with Gasteiger partial charge in [-0.3, -0.25) is 0 Å². The summed E-state index contributed by atoms with van der Waals surface area (Å²) in [5.41, 5.74) is 9.84. The Bertz CT molecular complexity index is 685. The molecule has 1 aliphatic heterocycles. The summed E-state index contributed by atoms with van der Waals surface area (Å²) in [6.45, 7) is 14.1. The first-order valence-electron chi connectivity index (χ1n) is 8.77. The molecule has 126 valence electrons. The fourth-order valence-corrected chi connectivity index (χ4v) is 3.32. The van der Waals surface area contributed by atoms with Crippen LogP contribution in [0.4, 0.5) is 0 Å². The van der Waals surface area contributed by atoms with Crippen LogP contribution in [-0.2, 0) is 6.54 Å². The van der Waals surface area contributed by atoms with Crippen LogP contribution in [0.5, 0.6) is 0 Å². The molecule has 1 saturated heterocycles. The van der Waals surface area contributed by atoms with E-state index in [1.807, 2.05) is 18.2 Å². The number of quaternary nitrogens is 1. The Balaban J connectivity index is 1.50. The standard InChI is InChI=1S/C21H27N3/c1-17-9-10-21(18(2)15-17)16-23-11-13-24(14-12-23)22-19(3)20-7-5-4-6-8-20/h4-10,15,22H,3,11-14,16H2,1-2H3/p+1. The van der Waals surface area contributed by atoms with Crippen LogP contribution < -0.4 is 10.3 Å². The molecule has 24 heavy (non-hydrogen) atoms. The molecule has 3 nitrogen and oxygen atoms in total. The minimum atomic E-state index is 0.980. The quantitative estimate of drug-likeness (QED) is 0.880. The Kier molecular flexibility index (Phi) is 5.34. The van der Waals surface area contributed by atoms with Crippen LogP contribution in [0.1, 0.15) is 22.3 Å². The van der Waals surface area contributed by atoms with Gasteiger partial charge in [-0.05, 0) is 25.0 Å². The van der Waals surface area contributed by atoms with E-state index in [-0.39, 0.29) is 0 Å². The van der Waals surface area contributed by atoms with Crippen molar-refractivity contribution in [2.24, 2.45) is 0 Å². The van der Waals surface area contributed by atoms with E-state index in [2.05, 4.69) is 61.2 Å². The molecule has 3 rings (SSSR count). The zero-order chi connectivity index (χ0) is 16.9. The largest absolute Gasteiger partial charge is 0.329 e. The molecule has 1 heterocycles. The molecule has 0 bridgehead atoms. The maximum Gasteiger partial charge on any atom is 0.103 e. The molecule has 0 aromatic heterocycles. The van der Waals surface area contributed by atoms with Crippen LogP contribution in [0.3, 0.4) is 0 Å². The first-order valence-corrected chi connectivity index (χ1v) is 8.77. The highest BCUT2D eigenvalue weighted by Gasteiger charge is 2.21. The van der Waals surface area contributed by atoms with Gasteiger partial charge in [-0.25, -0.2) is 5.01 Å². The second kappa shape index (κ2) is 7.65. The lowest BCUT2D eigenvalue weighted by atomic mass is 10.1. The molecule has 2 aromatic carbocycles. The maximum absolute atomic E-state index is 4.17. The number of nitrogens with one attached hydrogen (secondary N) is 2. The van der Waals surface area contributed by atoms with Gasteiger partial charge in [0.05, 0.1) is 26.2 Å². The van der Waals surface area contributed by atoms with E-state index in [1.165, 1.54) is 16.7 Å². The van der Waals surface area contributed by atoms with Crippen molar-refractivity contribution >= 4 is 5.70 Å². The van der Waals surface area contributed by atoms with Crippen molar-refractivity contribution in [1.82, 2.24) is 10.4 Å². The van der Waals surface area contributed by atoms with E-state index < -0.39 is 0 Å². The second-order valence-corrected chi connectivity index (χ2v) is 6.80. The number of hydrogen-bond donors (Lipinski definition) is 2. The van der Waals surface area contributed by atoms with Gasteiger partial charge in [0, 0.05) is 11.3 Å². The Morgan fingerprint density at radius 2 is 1.79 bits per heavy atom. The summed E-state index contributed by atoms with van der Waals surface area (Å²) >= 11 is 0. The monoisotopic (exact) mass is 322 g/mol. The van der Waals surface area contributed by atoms with E-state index in [1.54, 1.807) is 4.90 Å². The highest BCUT2D eigenvalue weighted by atomic mass is 15.5. The summed E-state index contributed by atoms with van der Waals surface area (Å²) in [5, 5.41) is 2.29. The third-order valence-electron chi connectivity index (χ3n) is 4.82. The summed E-state index contributed by atoms with van der Waals surface area (Å²) in [7, 11) is 0. The molecule has 2 N–H and O–H groups in total. The molecule has 0 spiro atoms. The van der Waals surface area contributed by atoms with E-state index in [4.69, 9.17) is 0 Å². The normalized spacial score (nSPS) is 16.1. The number of hydrogen-bond acceptors (Lipinski definition) is 2. The molecule has 0 saturated carbocycles. The molecule has 3 heteroatoms. The van der Waals surface area contributed by atoms with Crippen molar-refractivity contribution in [3.63, 3.8) is 0 Å². The maximum atomic E-state index is 4.17. The molecule has 0 atom stereocenters. The minimum Gasteiger partial charge on any atom is -0.329 e.